The highest BCUT2D eigenvalue weighted by molar-refractivity contribution is 14.1. The zero-order valence-electron chi connectivity index (χ0n) is 10.6. The fourth-order valence-corrected chi connectivity index (χ4v) is 1.99. The molecule has 0 bridgehead atoms. The van der Waals surface area contributed by atoms with Gasteiger partial charge in [-0.05, 0) is 64.6 Å². The Labute approximate surface area is 127 Å². The van der Waals surface area contributed by atoms with Gasteiger partial charge in [0, 0.05) is 15.8 Å². The topological polar surface area (TPSA) is 21.3 Å². The molecule has 2 aromatic carbocycles. The molecule has 2 aromatic rings. The molecule has 0 fully saturated rings. The summed E-state index contributed by atoms with van der Waals surface area (Å²) in [6.45, 7) is 4.98. The van der Waals surface area contributed by atoms with Crippen LogP contribution in [0.4, 0.5) is 5.69 Å². The van der Waals surface area contributed by atoms with Crippen molar-refractivity contribution in [1.82, 2.24) is 0 Å². The molecule has 0 aliphatic rings. The van der Waals surface area contributed by atoms with E-state index in [1.165, 1.54) is 9.13 Å². The molecule has 98 valence electrons. The van der Waals surface area contributed by atoms with Crippen molar-refractivity contribution in [1.29, 1.82) is 0 Å². The Bertz CT molecular complexity index is 519. The van der Waals surface area contributed by atoms with E-state index in [0.29, 0.717) is 6.61 Å². The number of halogens is 1. The lowest BCUT2D eigenvalue weighted by atomic mass is 10.2. The van der Waals surface area contributed by atoms with Gasteiger partial charge in [-0.1, -0.05) is 24.8 Å². The van der Waals surface area contributed by atoms with Crippen molar-refractivity contribution in [2.75, 3.05) is 11.9 Å². The Kier molecular flexibility index (Phi) is 5.27. The second-order valence-corrected chi connectivity index (χ2v) is 5.35. The Morgan fingerprint density at radius 3 is 2.37 bits per heavy atom. The van der Waals surface area contributed by atoms with Crippen LogP contribution >= 0.6 is 22.6 Å². The second kappa shape index (κ2) is 7.19. The zero-order valence-corrected chi connectivity index (χ0v) is 12.8. The van der Waals surface area contributed by atoms with Crippen molar-refractivity contribution in [3.8, 4) is 5.75 Å². The molecular formula is C16H16INO. The summed E-state index contributed by atoms with van der Waals surface area (Å²) in [5, 5.41) is 3.39. The molecule has 0 aliphatic carbocycles. The van der Waals surface area contributed by atoms with Crippen LogP contribution in [-0.2, 0) is 6.54 Å². The van der Waals surface area contributed by atoms with E-state index in [2.05, 4.69) is 70.9 Å². The number of anilines is 1. The molecule has 0 saturated heterocycles. The quantitative estimate of drug-likeness (QED) is 0.603. The molecule has 2 rings (SSSR count). The molecule has 2 nitrogen and oxygen atoms in total. The maximum absolute atomic E-state index is 5.45. The number of hydrogen-bond acceptors (Lipinski definition) is 2. The minimum Gasteiger partial charge on any atom is -0.490 e. The standard InChI is InChI=1S/C16H16INO/c1-2-11-19-16-9-3-13(4-10-16)12-18-15-7-5-14(17)6-8-15/h2-10,18H,1,11-12H2. The van der Waals surface area contributed by atoms with Crippen LogP contribution in [0.3, 0.4) is 0 Å². The van der Waals surface area contributed by atoms with Gasteiger partial charge in [0.05, 0.1) is 0 Å². The third kappa shape index (κ3) is 4.59. The van der Waals surface area contributed by atoms with Crippen molar-refractivity contribution < 1.29 is 4.74 Å². The van der Waals surface area contributed by atoms with E-state index < -0.39 is 0 Å². The summed E-state index contributed by atoms with van der Waals surface area (Å²) in [4.78, 5) is 0. The highest BCUT2D eigenvalue weighted by Crippen LogP contribution is 2.15. The van der Waals surface area contributed by atoms with Gasteiger partial charge >= 0.3 is 0 Å². The van der Waals surface area contributed by atoms with Crippen molar-refractivity contribution in [2.24, 2.45) is 0 Å². The lowest BCUT2D eigenvalue weighted by molar-refractivity contribution is 0.363. The van der Waals surface area contributed by atoms with Gasteiger partial charge in [0.2, 0.25) is 0 Å². The molecular weight excluding hydrogens is 349 g/mol. The molecule has 0 unspecified atom stereocenters. The molecule has 0 radical (unpaired) electrons. The molecule has 19 heavy (non-hydrogen) atoms. The first-order chi connectivity index (χ1) is 9.28. The third-order valence-electron chi connectivity index (χ3n) is 2.63. The molecule has 0 atom stereocenters. The molecule has 0 spiro atoms. The fourth-order valence-electron chi connectivity index (χ4n) is 1.63. The summed E-state index contributed by atoms with van der Waals surface area (Å²) in [5.41, 5.74) is 2.36. The van der Waals surface area contributed by atoms with E-state index in [0.717, 1.165) is 18.0 Å². The van der Waals surface area contributed by atoms with Crippen molar-refractivity contribution in [3.05, 3.63) is 70.3 Å². The van der Waals surface area contributed by atoms with Gasteiger partial charge < -0.3 is 10.1 Å². The van der Waals surface area contributed by atoms with E-state index >= 15 is 0 Å². The minimum atomic E-state index is 0.542. The summed E-state index contributed by atoms with van der Waals surface area (Å²) in [6, 6.07) is 16.5. The zero-order chi connectivity index (χ0) is 13.5. The van der Waals surface area contributed by atoms with Crippen LogP contribution < -0.4 is 10.1 Å². The van der Waals surface area contributed by atoms with Gasteiger partial charge in [-0.3, -0.25) is 0 Å². The first kappa shape index (κ1) is 13.9. The third-order valence-corrected chi connectivity index (χ3v) is 3.35. The van der Waals surface area contributed by atoms with Gasteiger partial charge in [-0.25, -0.2) is 0 Å². The summed E-state index contributed by atoms with van der Waals surface area (Å²) >= 11 is 2.30. The van der Waals surface area contributed by atoms with Crippen LogP contribution in [-0.4, -0.2) is 6.61 Å². The van der Waals surface area contributed by atoms with E-state index in [1.54, 1.807) is 6.08 Å². The van der Waals surface area contributed by atoms with Crippen molar-refractivity contribution in [3.63, 3.8) is 0 Å². The molecule has 0 saturated carbocycles. The minimum absolute atomic E-state index is 0.542. The van der Waals surface area contributed by atoms with E-state index in [4.69, 9.17) is 4.74 Å². The Hall–Kier alpha value is -1.49. The van der Waals surface area contributed by atoms with Gasteiger partial charge in [0.15, 0.2) is 0 Å². The lowest BCUT2D eigenvalue weighted by Crippen LogP contribution is -1.99. The SMILES string of the molecule is C=CCOc1ccc(CNc2ccc(I)cc2)cc1. The van der Waals surface area contributed by atoms with Crippen LogP contribution in [0.1, 0.15) is 5.56 Å². The maximum atomic E-state index is 5.45. The predicted octanol–water partition coefficient (Wildman–Crippen LogP) is 4.47. The van der Waals surface area contributed by atoms with Crippen molar-refractivity contribution in [2.45, 2.75) is 6.54 Å². The number of benzene rings is 2. The van der Waals surface area contributed by atoms with Crippen LogP contribution in [0.5, 0.6) is 5.75 Å². The number of ether oxygens (including phenoxy) is 1. The van der Waals surface area contributed by atoms with Crippen molar-refractivity contribution >= 4 is 28.3 Å². The average Bonchev–Trinajstić information content (AvgIpc) is 2.46. The Morgan fingerprint density at radius 2 is 1.74 bits per heavy atom. The van der Waals surface area contributed by atoms with E-state index in [9.17, 15) is 0 Å². The predicted molar refractivity (Wildman–Crippen MR) is 88.6 cm³/mol. The summed E-state index contributed by atoms with van der Waals surface area (Å²) in [5.74, 6) is 0.873. The number of rotatable bonds is 6. The normalized spacial score (nSPS) is 9.95. The van der Waals surface area contributed by atoms with Gasteiger partial charge in [-0.2, -0.15) is 0 Å². The molecule has 0 aromatic heterocycles. The van der Waals surface area contributed by atoms with E-state index in [1.807, 2.05) is 12.1 Å². The Morgan fingerprint density at radius 1 is 1.05 bits per heavy atom. The molecule has 0 aliphatic heterocycles. The smallest absolute Gasteiger partial charge is 0.119 e. The fraction of sp³-hybridized carbons (Fsp3) is 0.125. The highest BCUT2D eigenvalue weighted by Gasteiger charge is 1.96. The van der Waals surface area contributed by atoms with Crippen LogP contribution in [0.15, 0.2) is 61.2 Å². The lowest BCUT2D eigenvalue weighted by Gasteiger charge is -2.08. The number of nitrogens with one attached hydrogen (secondary N) is 1. The summed E-state index contributed by atoms with van der Waals surface area (Å²) < 4.78 is 6.69. The molecule has 3 heteroatoms. The first-order valence-corrected chi connectivity index (χ1v) is 7.18. The second-order valence-electron chi connectivity index (χ2n) is 4.10. The molecule has 0 amide bonds. The summed E-state index contributed by atoms with van der Waals surface area (Å²) in [7, 11) is 0. The van der Waals surface area contributed by atoms with Crippen LogP contribution in [0.25, 0.3) is 0 Å². The number of hydrogen-bond donors (Lipinski definition) is 1. The monoisotopic (exact) mass is 365 g/mol. The Balaban J connectivity index is 1.89. The highest BCUT2D eigenvalue weighted by atomic mass is 127. The summed E-state index contributed by atoms with van der Waals surface area (Å²) in [6.07, 6.45) is 1.74. The van der Waals surface area contributed by atoms with Crippen LogP contribution in [0, 0.1) is 3.57 Å². The van der Waals surface area contributed by atoms with E-state index in [-0.39, 0.29) is 0 Å². The van der Waals surface area contributed by atoms with Gasteiger partial charge in [-0.15, -0.1) is 0 Å². The van der Waals surface area contributed by atoms with Gasteiger partial charge in [0.25, 0.3) is 0 Å². The van der Waals surface area contributed by atoms with Crippen LogP contribution in [0.2, 0.25) is 0 Å². The molecule has 1 N–H and O–H groups in total. The molecule has 0 heterocycles. The largest absolute Gasteiger partial charge is 0.490 e. The first-order valence-electron chi connectivity index (χ1n) is 6.10. The maximum Gasteiger partial charge on any atom is 0.119 e. The van der Waals surface area contributed by atoms with Gasteiger partial charge in [0.1, 0.15) is 12.4 Å². The average molecular weight is 365 g/mol.